The monoisotopic (exact) mass is 329 g/mol. The molecule has 0 fully saturated rings. The van der Waals surface area contributed by atoms with Crippen molar-refractivity contribution in [3.63, 3.8) is 0 Å². The number of aromatic nitrogens is 4. The molecule has 3 aromatic rings. The first kappa shape index (κ1) is 15.3. The SMILES string of the molecule is CCOC(=O)c1cnc(NCc2nc3cnccc3s2)nc1C. The third-order valence-electron chi connectivity index (χ3n) is 3.11. The van der Waals surface area contributed by atoms with Gasteiger partial charge in [0, 0.05) is 12.4 Å². The number of pyridine rings is 1. The quantitative estimate of drug-likeness (QED) is 0.719. The average molecular weight is 329 g/mol. The van der Waals surface area contributed by atoms with Gasteiger partial charge in [-0.1, -0.05) is 0 Å². The molecule has 118 valence electrons. The topological polar surface area (TPSA) is 89.9 Å². The average Bonchev–Trinajstić information content (AvgIpc) is 2.96. The highest BCUT2D eigenvalue weighted by Crippen LogP contribution is 2.21. The molecule has 0 unspecified atom stereocenters. The minimum Gasteiger partial charge on any atom is -0.462 e. The Kier molecular flexibility index (Phi) is 4.42. The molecule has 0 bridgehead atoms. The molecule has 0 aromatic carbocycles. The van der Waals surface area contributed by atoms with Crippen LogP contribution in [0.1, 0.15) is 28.0 Å². The Hall–Kier alpha value is -2.61. The smallest absolute Gasteiger partial charge is 0.341 e. The Bertz CT molecular complexity index is 816. The van der Waals surface area contributed by atoms with Crippen LogP contribution >= 0.6 is 11.3 Å². The standard InChI is InChI=1S/C15H15N5O2S/c1-3-22-14(21)10-6-17-15(19-9(10)2)18-8-13-20-11-7-16-5-4-12(11)23-13/h4-7H,3,8H2,1-2H3,(H,17,18,19). The van der Waals surface area contributed by atoms with Gasteiger partial charge in [0.25, 0.3) is 0 Å². The summed E-state index contributed by atoms with van der Waals surface area (Å²) in [6.45, 7) is 4.35. The summed E-state index contributed by atoms with van der Waals surface area (Å²) in [4.78, 5) is 28.7. The number of anilines is 1. The minimum absolute atomic E-state index is 0.324. The van der Waals surface area contributed by atoms with E-state index in [1.54, 1.807) is 37.6 Å². The summed E-state index contributed by atoms with van der Waals surface area (Å²) in [6, 6.07) is 1.94. The largest absolute Gasteiger partial charge is 0.462 e. The number of aryl methyl sites for hydroxylation is 1. The third kappa shape index (κ3) is 3.42. The molecule has 0 amide bonds. The lowest BCUT2D eigenvalue weighted by atomic mass is 10.2. The molecule has 3 aromatic heterocycles. The van der Waals surface area contributed by atoms with E-state index in [0.29, 0.717) is 30.4 Å². The highest BCUT2D eigenvalue weighted by molar-refractivity contribution is 7.18. The van der Waals surface area contributed by atoms with Crippen LogP contribution in [0.15, 0.2) is 24.7 Å². The molecule has 8 heteroatoms. The van der Waals surface area contributed by atoms with Crippen molar-refractivity contribution in [2.24, 2.45) is 0 Å². The molecule has 3 heterocycles. The highest BCUT2D eigenvalue weighted by atomic mass is 32.1. The minimum atomic E-state index is -0.407. The molecule has 7 nitrogen and oxygen atoms in total. The summed E-state index contributed by atoms with van der Waals surface area (Å²) >= 11 is 1.59. The first-order valence-corrected chi connectivity index (χ1v) is 7.93. The summed E-state index contributed by atoms with van der Waals surface area (Å²) < 4.78 is 6.05. The maximum atomic E-state index is 11.7. The molecule has 0 atom stereocenters. The number of fused-ring (bicyclic) bond motifs is 1. The summed E-state index contributed by atoms with van der Waals surface area (Å²) in [5, 5.41) is 4.03. The maximum Gasteiger partial charge on any atom is 0.341 e. The Balaban J connectivity index is 1.70. The van der Waals surface area contributed by atoms with Gasteiger partial charge >= 0.3 is 5.97 Å². The fraction of sp³-hybridized carbons (Fsp3) is 0.267. The van der Waals surface area contributed by atoms with Crippen molar-refractivity contribution in [2.75, 3.05) is 11.9 Å². The van der Waals surface area contributed by atoms with Crippen LogP contribution in [0.2, 0.25) is 0 Å². The molecular formula is C15H15N5O2S. The molecule has 0 radical (unpaired) electrons. The number of carbonyl (C=O) groups is 1. The Morgan fingerprint density at radius 3 is 2.96 bits per heavy atom. The lowest BCUT2D eigenvalue weighted by molar-refractivity contribution is 0.0524. The summed E-state index contributed by atoms with van der Waals surface area (Å²) in [6.07, 6.45) is 4.97. The van der Waals surface area contributed by atoms with Crippen molar-refractivity contribution in [3.05, 3.63) is 40.9 Å². The molecule has 1 N–H and O–H groups in total. The predicted octanol–water partition coefficient (Wildman–Crippen LogP) is 2.58. The van der Waals surface area contributed by atoms with Crippen molar-refractivity contribution in [2.45, 2.75) is 20.4 Å². The number of rotatable bonds is 5. The first-order valence-electron chi connectivity index (χ1n) is 7.11. The second kappa shape index (κ2) is 6.66. The van der Waals surface area contributed by atoms with E-state index in [9.17, 15) is 4.79 Å². The van der Waals surface area contributed by atoms with Crippen molar-refractivity contribution < 1.29 is 9.53 Å². The molecule has 3 rings (SSSR count). The Morgan fingerprint density at radius 1 is 1.35 bits per heavy atom. The van der Waals surface area contributed by atoms with Gasteiger partial charge in [0.2, 0.25) is 5.95 Å². The number of hydrogen-bond donors (Lipinski definition) is 1. The van der Waals surface area contributed by atoms with E-state index in [4.69, 9.17) is 4.74 Å². The number of carbonyl (C=O) groups excluding carboxylic acids is 1. The maximum absolute atomic E-state index is 11.7. The summed E-state index contributed by atoms with van der Waals surface area (Å²) in [5.74, 6) is 0.0446. The summed E-state index contributed by atoms with van der Waals surface area (Å²) in [7, 11) is 0. The lowest BCUT2D eigenvalue weighted by Crippen LogP contribution is -2.11. The predicted molar refractivity (Wildman–Crippen MR) is 87.5 cm³/mol. The molecule has 23 heavy (non-hydrogen) atoms. The number of hydrogen-bond acceptors (Lipinski definition) is 8. The molecule has 0 aliphatic rings. The van der Waals surface area contributed by atoms with E-state index in [1.165, 1.54) is 6.20 Å². The molecular weight excluding hydrogens is 314 g/mol. The van der Waals surface area contributed by atoms with Crippen LogP contribution < -0.4 is 5.32 Å². The second-order valence-corrected chi connectivity index (χ2v) is 5.83. The van der Waals surface area contributed by atoms with Crippen molar-refractivity contribution >= 4 is 33.5 Å². The molecule has 0 aliphatic carbocycles. The first-order chi connectivity index (χ1) is 11.2. The van der Waals surface area contributed by atoms with Gasteiger partial charge < -0.3 is 10.1 Å². The number of ether oxygens (including phenoxy) is 1. The van der Waals surface area contributed by atoms with Gasteiger partial charge in [-0.3, -0.25) is 4.98 Å². The number of nitrogens with zero attached hydrogens (tertiary/aromatic N) is 4. The van der Waals surface area contributed by atoms with Gasteiger partial charge in [0.1, 0.15) is 5.01 Å². The van der Waals surface area contributed by atoms with E-state index in [2.05, 4.69) is 25.3 Å². The van der Waals surface area contributed by atoms with Crippen LogP contribution in [0, 0.1) is 6.92 Å². The normalized spacial score (nSPS) is 10.7. The fourth-order valence-electron chi connectivity index (χ4n) is 2.02. The number of esters is 1. The van der Waals surface area contributed by atoms with E-state index in [0.717, 1.165) is 15.2 Å². The fourth-order valence-corrected chi connectivity index (χ4v) is 2.89. The zero-order chi connectivity index (χ0) is 16.2. The Morgan fingerprint density at radius 2 is 2.22 bits per heavy atom. The highest BCUT2D eigenvalue weighted by Gasteiger charge is 2.13. The molecule has 0 aliphatic heterocycles. The van der Waals surface area contributed by atoms with Gasteiger partial charge in [-0.05, 0) is 19.9 Å². The van der Waals surface area contributed by atoms with Crippen LogP contribution in [0.4, 0.5) is 5.95 Å². The zero-order valence-electron chi connectivity index (χ0n) is 12.7. The van der Waals surface area contributed by atoms with Crippen LogP contribution in [0.3, 0.4) is 0 Å². The molecule has 0 saturated heterocycles. The van der Waals surface area contributed by atoms with E-state index in [-0.39, 0.29) is 0 Å². The van der Waals surface area contributed by atoms with Gasteiger partial charge in [-0.2, -0.15) is 0 Å². The van der Waals surface area contributed by atoms with Crippen LogP contribution in [0.25, 0.3) is 10.2 Å². The van der Waals surface area contributed by atoms with Crippen LogP contribution in [0.5, 0.6) is 0 Å². The third-order valence-corrected chi connectivity index (χ3v) is 4.14. The van der Waals surface area contributed by atoms with Gasteiger partial charge in [-0.25, -0.2) is 19.7 Å². The van der Waals surface area contributed by atoms with Crippen molar-refractivity contribution in [3.8, 4) is 0 Å². The Labute approximate surface area is 136 Å². The van der Waals surface area contributed by atoms with E-state index >= 15 is 0 Å². The van der Waals surface area contributed by atoms with Gasteiger partial charge in [0.05, 0.1) is 40.8 Å². The van der Waals surface area contributed by atoms with E-state index in [1.807, 2.05) is 6.07 Å². The van der Waals surface area contributed by atoms with Crippen molar-refractivity contribution in [1.29, 1.82) is 0 Å². The van der Waals surface area contributed by atoms with E-state index < -0.39 is 5.97 Å². The zero-order valence-corrected chi connectivity index (χ0v) is 13.6. The lowest BCUT2D eigenvalue weighted by Gasteiger charge is -2.07. The van der Waals surface area contributed by atoms with Gasteiger partial charge in [0.15, 0.2) is 0 Å². The second-order valence-electron chi connectivity index (χ2n) is 4.72. The summed E-state index contributed by atoms with van der Waals surface area (Å²) in [5.41, 5.74) is 1.84. The molecule has 0 spiro atoms. The number of nitrogens with one attached hydrogen (secondary N) is 1. The van der Waals surface area contributed by atoms with Crippen molar-refractivity contribution in [1.82, 2.24) is 19.9 Å². The van der Waals surface area contributed by atoms with Crippen LogP contribution in [-0.2, 0) is 11.3 Å². The van der Waals surface area contributed by atoms with Crippen LogP contribution in [-0.4, -0.2) is 32.5 Å². The molecule has 0 saturated carbocycles. The number of thiazole rings is 1. The van der Waals surface area contributed by atoms with Gasteiger partial charge in [-0.15, -0.1) is 11.3 Å².